The molecule has 0 saturated heterocycles. The van der Waals surface area contributed by atoms with E-state index in [0.29, 0.717) is 0 Å². The van der Waals surface area contributed by atoms with Gasteiger partial charge in [0.1, 0.15) is 11.2 Å². The van der Waals surface area contributed by atoms with Crippen LogP contribution in [-0.4, -0.2) is 4.57 Å². The molecule has 0 saturated carbocycles. The maximum absolute atomic E-state index is 5.78. The van der Waals surface area contributed by atoms with E-state index in [1.807, 2.05) is 18.2 Å². The van der Waals surface area contributed by atoms with Crippen molar-refractivity contribution in [1.82, 2.24) is 4.57 Å². The Hall–Kier alpha value is -3.52. The highest BCUT2D eigenvalue weighted by atomic mass is 16.3. The molecule has 0 unspecified atom stereocenters. The molecule has 28 heavy (non-hydrogen) atoms. The van der Waals surface area contributed by atoms with Crippen LogP contribution >= 0.6 is 0 Å². The number of aryl methyl sites for hydroxylation is 2. The lowest BCUT2D eigenvalue weighted by molar-refractivity contribution is 0.666. The maximum atomic E-state index is 5.78. The third-order valence-corrected chi connectivity index (χ3v) is 5.42. The lowest BCUT2D eigenvalue weighted by Crippen LogP contribution is -1.84. The molecule has 4 aromatic carbocycles. The van der Waals surface area contributed by atoms with E-state index in [1.165, 1.54) is 38.1 Å². The Morgan fingerprint density at radius 3 is 1.79 bits per heavy atom. The van der Waals surface area contributed by atoms with Gasteiger partial charge < -0.3 is 8.98 Å². The summed E-state index contributed by atoms with van der Waals surface area (Å²) in [4.78, 5) is 0. The van der Waals surface area contributed by atoms with Crippen molar-refractivity contribution in [1.29, 1.82) is 0 Å². The molecule has 0 fully saturated rings. The molecule has 0 bridgehead atoms. The molecular formula is C26H21NO. The number of nitrogens with zero attached hydrogens (tertiary/aromatic N) is 1. The minimum Gasteiger partial charge on any atom is -0.456 e. The van der Waals surface area contributed by atoms with E-state index in [9.17, 15) is 0 Å². The highest BCUT2D eigenvalue weighted by Crippen LogP contribution is 2.30. The molecular weight excluding hydrogens is 342 g/mol. The zero-order valence-electron chi connectivity index (χ0n) is 16.0. The third-order valence-electron chi connectivity index (χ3n) is 5.42. The molecule has 0 atom stereocenters. The van der Waals surface area contributed by atoms with Crippen molar-refractivity contribution in [3.05, 3.63) is 96.6 Å². The Morgan fingerprint density at radius 2 is 1.11 bits per heavy atom. The smallest absolute Gasteiger partial charge is 0.138 e. The molecule has 2 heterocycles. The summed E-state index contributed by atoms with van der Waals surface area (Å²) in [6.45, 7) is 2.07. The maximum Gasteiger partial charge on any atom is 0.138 e. The van der Waals surface area contributed by atoms with Gasteiger partial charge in [0.05, 0.1) is 0 Å². The van der Waals surface area contributed by atoms with E-state index in [0.717, 1.165) is 11.2 Å². The molecule has 2 aromatic heterocycles. The SMILES string of the molecule is Cc1cccc2c1oc1ccccc12.Cn1c2ccccc2c2ccccc21. The van der Waals surface area contributed by atoms with Crippen LogP contribution in [0.1, 0.15) is 5.56 Å². The van der Waals surface area contributed by atoms with Gasteiger partial charge in [-0.1, -0.05) is 72.8 Å². The second-order valence-corrected chi connectivity index (χ2v) is 7.14. The number of aromatic nitrogens is 1. The van der Waals surface area contributed by atoms with Gasteiger partial charge in [-0.05, 0) is 30.7 Å². The fourth-order valence-electron chi connectivity index (χ4n) is 4.01. The van der Waals surface area contributed by atoms with Crippen LogP contribution in [0.3, 0.4) is 0 Å². The lowest BCUT2D eigenvalue weighted by atomic mass is 10.1. The average molecular weight is 363 g/mol. The fraction of sp³-hybridized carbons (Fsp3) is 0.0769. The van der Waals surface area contributed by atoms with Crippen LogP contribution in [-0.2, 0) is 7.05 Å². The van der Waals surface area contributed by atoms with Crippen LogP contribution in [0.4, 0.5) is 0 Å². The number of furan rings is 1. The Labute approximate surface area is 163 Å². The van der Waals surface area contributed by atoms with Gasteiger partial charge >= 0.3 is 0 Å². The van der Waals surface area contributed by atoms with Crippen LogP contribution in [0.5, 0.6) is 0 Å². The van der Waals surface area contributed by atoms with Crippen LogP contribution in [0.25, 0.3) is 43.7 Å². The van der Waals surface area contributed by atoms with Gasteiger partial charge in [0.15, 0.2) is 0 Å². The lowest BCUT2D eigenvalue weighted by Gasteiger charge is -1.95. The number of hydrogen-bond acceptors (Lipinski definition) is 1. The standard InChI is InChI=1S/C13H11N.C13H10O/c1-14-12-8-4-2-6-10(12)11-7-3-5-9-13(11)14;1-9-5-4-7-11-10-6-2-3-8-12(10)14-13(9)11/h2-9H,1H3;2-8H,1H3. The van der Waals surface area contributed by atoms with Crippen molar-refractivity contribution < 1.29 is 4.42 Å². The molecule has 0 amide bonds. The van der Waals surface area contributed by atoms with Crippen LogP contribution in [0.15, 0.2) is 95.4 Å². The van der Waals surface area contributed by atoms with Crippen molar-refractivity contribution >= 4 is 43.7 Å². The summed E-state index contributed by atoms with van der Waals surface area (Å²) in [7, 11) is 2.12. The second kappa shape index (κ2) is 6.58. The highest BCUT2D eigenvalue weighted by molar-refractivity contribution is 6.08. The van der Waals surface area contributed by atoms with E-state index in [1.54, 1.807) is 0 Å². The third kappa shape index (κ3) is 2.57. The Bertz CT molecular complexity index is 1370. The summed E-state index contributed by atoms with van der Waals surface area (Å²) >= 11 is 0. The molecule has 0 aliphatic rings. The molecule has 2 nitrogen and oxygen atoms in total. The van der Waals surface area contributed by atoms with Gasteiger partial charge in [-0.3, -0.25) is 0 Å². The fourth-order valence-corrected chi connectivity index (χ4v) is 4.01. The monoisotopic (exact) mass is 363 g/mol. The van der Waals surface area contributed by atoms with Gasteiger partial charge in [0.25, 0.3) is 0 Å². The number of rotatable bonds is 0. The number of hydrogen-bond donors (Lipinski definition) is 0. The zero-order chi connectivity index (χ0) is 19.1. The van der Waals surface area contributed by atoms with Crippen molar-refractivity contribution in [3.8, 4) is 0 Å². The molecule has 136 valence electrons. The first-order chi connectivity index (χ1) is 13.7. The first-order valence-electron chi connectivity index (χ1n) is 9.53. The molecule has 0 spiro atoms. The van der Waals surface area contributed by atoms with E-state index in [-0.39, 0.29) is 0 Å². The van der Waals surface area contributed by atoms with Gasteiger partial charge in [-0.2, -0.15) is 0 Å². The number of fused-ring (bicyclic) bond motifs is 6. The Kier molecular flexibility index (Phi) is 3.91. The number of benzene rings is 4. The van der Waals surface area contributed by atoms with E-state index < -0.39 is 0 Å². The summed E-state index contributed by atoms with van der Waals surface area (Å²) in [5, 5.41) is 5.09. The van der Waals surface area contributed by atoms with Crippen LogP contribution < -0.4 is 0 Å². The predicted octanol–water partition coefficient (Wildman–Crippen LogP) is 7.23. The summed E-state index contributed by atoms with van der Waals surface area (Å²) < 4.78 is 8.02. The second-order valence-electron chi connectivity index (χ2n) is 7.14. The summed E-state index contributed by atoms with van der Waals surface area (Å²) in [5.74, 6) is 0. The first kappa shape index (κ1) is 16.6. The van der Waals surface area contributed by atoms with Crippen molar-refractivity contribution in [2.45, 2.75) is 6.92 Å². The van der Waals surface area contributed by atoms with E-state index in [2.05, 4.69) is 91.3 Å². The largest absolute Gasteiger partial charge is 0.456 e. The number of para-hydroxylation sites is 4. The van der Waals surface area contributed by atoms with Gasteiger partial charge in [-0.15, -0.1) is 0 Å². The predicted molar refractivity (Wildman–Crippen MR) is 119 cm³/mol. The normalized spacial score (nSPS) is 11.2. The minimum atomic E-state index is 0.969. The highest BCUT2D eigenvalue weighted by Gasteiger charge is 2.07. The van der Waals surface area contributed by atoms with Crippen LogP contribution in [0, 0.1) is 6.92 Å². The minimum absolute atomic E-state index is 0.969. The van der Waals surface area contributed by atoms with Crippen molar-refractivity contribution in [3.63, 3.8) is 0 Å². The van der Waals surface area contributed by atoms with Crippen molar-refractivity contribution in [2.75, 3.05) is 0 Å². The summed E-state index contributed by atoms with van der Waals surface area (Å²) in [6.07, 6.45) is 0. The summed E-state index contributed by atoms with van der Waals surface area (Å²) in [5.41, 5.74) is 5.77. The Balaban J connectivity index is 0.000000122. The van der Waals surface area contributed by atoms with Crippen molar-refractivity contribution in [2.24, 2.45) is 7.05 Å². The van der Waals surface area contributed by atoms with E-state index in [4.69, 9.17) is 4.42 Å². The van der Waals surface area contributed by atoms with E-state index >= 15 is 0 Å². The Morgan fingerprint density at radius 1 is 0.571 bits per heavy atom. The average Bonchev–Trinajstić information content (AvgIpc) is 3.27. The molecule has 6 rings (SSSR count). The van der Waals surface area contributed by atoms with Gasteiger partial charge in [0, 0.05) is 39.6 Å². The molecule has 2 heteroatoms. The summed E-state index contributed by atoms with van der Waals surface area (Å²) in [6, 6.07) is 31.4. The molecule has 0 aliphatic carbocycles. The quantitative estimate of drug-likeness (QED) is 0.278. The topological polar surface area (TPSA) is 18.1 Å². The molecule has 6 aromatic rings. The van der Waals surface area contributed by atoms with Gasteiger partial charge in [0.2, 0.25) is 0 Å². The molecule has 0 aliphatic heterocycles. The zero-order valence-corrected chi connectivity index (χ0v) is 16.0. The molecule has 0 N–H and O–H groups in total. The molecule has 0 radical (unpaired) electrons. The first-order valence-corrected chi connectivity index (χ1v) is 9.53. The van der Waals surface area contributed by atoms with Gasteiger partial charge in [-0.25, -0.2) is 0 Å². The van der Waals surface area contributed by atoms with Crippen LogP contribution in [0.2, 0.25) is 0 Å².